The lowest BCUT2D eigenvalue weighted by molar-refractivity contribution is -0.143. The predicted molar refractivity (Wildman–Crippen MR) is 129 cm³/mol. The smallest absolute Gasteiger partial charge is 0.401 e. The molecule has 2 heterocycles. The molecule has 1 unspecified atom stereocenters. The van der Waals surface area contributed by atoms with Gasteiger partial charge in [-0.05, 0) is 37.9 Å². The summed E-state index contributed by atoms with van der Waals surface area (Å²) in [6.07, 6.45) is -3.37. The van der Waals surface area contributed by atoms with Crippen molar-refractivity contribution in [3.8, 4) is 5.75 Å². The number of likely N-dealkylation sites (tertiary alicyclic amines) is 1. The zero-order valence-corrected chi connectivity index (χ0v) is 20.5. The first-order valence-electron chi connectivity index (χ1n) is 10.6. The summed E-state index contributed by atoms with van der Waals surface area (Å²) in [6, 6.07) is 8.02. The van der Waals surface area contributed by atoms with Crippen molar-refractivity contribution in [2.45, 2.75) is 19.5 Å². The highest BCUT2D eigenvalue weighted by molar-refractivity contribution is 14.0. The number of nitrogens with one attached hydrogen (secondary N) is 1. The molecule has 1 N–H and O–H groups in total. The second-order valence-corrected chi connectivity index (χ2v) is 7.85. The second kappa shape index (κ2) is 12.0. The fourth-order valence-corrected chi connectivity index (χ4v) is 4.15. The molecule has 0 amide bonds. The molecule has 6 nitrogen and oxygen atoms in total. The maximum atomic E-state index is 12.6. The summed E-state index contributed by atoms with van der Waals surface area (Å²) in [5.74, 6) is 1.90. The largest absolute Gasteiger partial charge is 0.495 e. The summed E-state index contributed by atoms with van der Waals surface area (Å²) in [4.78, 5) is 10.8. The van der Waals surface area contributed by atoms with Gasteiger partial charge in [-0.2, -0.15) is 13.2 Å². The van der Waals surface area contributed by atoms with Gasteiger partial charge in [0, 0.05) is 45.8 Å². The molecule has 2 aliphatic rings. The van der Waals surface area contributed by atoms with Crippen molar-refractivity contribution in [3.63, 3.8) is 0 Å². The molecule has 0 spiro atoms. The van der Waals surface area contributed by atoms with E-state index in [0.29, 0.717) is 19.6 Å². The molecule has 10 heteroatoms. The molecule has 3 rings (SSSR count). The number of guanidine groups is 1. The van der Waals surface area contributed by atoms with Gasteiger partial charge in [-0.15, -0.1) is 24.0 Å². The third-order valence-corrected chi connectivity index (χ3v) is 5.61. The molecule has 2 saturated heterocycles. The van der Waals surface area contributed by atoms with Crippen LogP contribution in [0.2, 0.25) is 0 Å². The highest BCUT2D eigenvalue weighted by atomic mass is 127. The van der Waals surface area contributed by atoms with Gasteiger partial charge in [-0.1, -0.05) is 12.1 Å². The van der Waals surface area contributed by atoms with Crippen LogP contribution < -0.4 is 15.0 Å². The Morgan fingerprint density at radius 3 is 2.52 bits per heavy atom. The lowest BCUT2D eigenvalue weighted by Crippen LogP contribution is -2.52. The van der Waals surface area contributed by atoms with Crippen molar-refractivity contribution < 1.29 is 17.9 Å². The number of benzene rings is 1. The Kier molecular flexibility index (Phi) is 9.98. The molecule has 2 fully saturated rings. The van der Waals surface area contributed by atoms with Crippen LogP contribution in [0, 0.1) is 5.92 Å². The lowest BCUT2D eigenvalue weighted by atomic mass is 10.1. The number of anilines is 1. The van der Waals surface area contributed by atoms with Crippen LogP contribution in [0.1, 0.15) is 13.3 Å². The number of rotatable bonds is 6. The molecule has 0 radical (unpaired) electrons. The van der Waals surface area contributed by atoms with Gasteiger partial charge in [0.1, 0.15) is 5.75 Å². The highest BCUT2D eigenvalue weighted by Gasteiger charge is 2.34. The molecule has 0 saturated carbocycles. The number of nitrogens with zero attached hydrogens (tertiary/aromatic N) is 4. The van der Waals surface area contributed by atoms with E-state index in [1.54, 1.807) is 7.11 Å². The van der Waals surface area contributed by atoms with Gasteiger partial charge < -0.3 is 19.9 Å². The van der Waals surface area contributed by atoms with Crippen molar-refractivity contribution in [1.82, 2.24) is 15.1 Å². The minimum absolute atomic E-state index is 0. The number of halogens is 4. The first kappa shape index (κ1) is 25.8. The predicted octanol–water partition coefficient (Wildman–Crippen LogP) is 3.28. The Balaban J connectivity index is 0.00000341. The SMILES string of the molecule is CCNC(=NCC1CCN(CC(F)(F)F)C1)N1CCN(c2ccccc2OC)CC1.I. The highest BCUT2D eigenvalue weighted by Crippen LogP contribution is 2.28. The van der Waals surface area contributed by atoms with E-state index >= 15 is 0 Å². The zero-order valence-electron chi connectivity index (χ0n) is 18.2. The van der Waals surface area contributed by atoms with E-state index in [-0.39, 0.29) is 29.9 Å². The number of methoxy groups -OCH3 is 1. The Morgan fingerprint density at radius 1 is 1.16 bits per heavy atom. The van der Waals surface area contributed by atoms with Crippen molar-refractivity contribution in [1.29, 1.82) is 0 Å². The third kappa shape index (κ3) is 7.58. The first-order chi connectivity index (χ1) is 14.4. The minimum Gasteiger partial charge on any atom is -0.495 e. The maximum Gasteiger partial charge on any atom is 0.401 e. The number of aliphatic imine (C=N–C) groups is 1. The lowest BCUT2D eigenvalue weighted by Gasteiger charge is -2.38. The van der Waals surface area contributed by atoms with Crippen LogP contribution in [0.3, 0.4) is 0 Å². The Hall–Kier alpha value is -1.43. The molecule has 176 valence electrons. The van der Waals surface area contributed by atoms with Crippen LogP contribution in [0.25, 0.3) is 0 Å². The summed E-state index contributed by atoms with van der Waals surface area (Å²) in [5.41, 5.74) is 1.09. The van der Waals surface area contributed by atoms with Gasteiger partial charge in [0.15, 0.2) is 5.96 Å². The molecule has 1 aromatic carbocycles. The fraction of sp³-hybridized carbons (Fsp3) is 0.667. The van der Waals surface area contributed by atoms with Crippen molar-refractivity contribution in [3.05, 3.63) is 24.3 Å². The number of piperazine rings is 1. The Morgan fingerprint density at radius 2 is 1.87 bits per heavy atom. The second-order valence-electron chi connectivity index (χ2n) is 7.85. The quantitative estimate of drug-likeness (QED) is 0.332. The van der Waals surface area contributed by atoms with E-state index < -0.39 is 12.7 Å². The average Bonchev–Trinajstić information content (AvgIpc) is 3.16. The van der Waals surface area contributed by atoms with Gasteiger partial charge in [0.2, 0.25) is 0 Å². The van der Waals surface area contributed by atoms with Crippen LogP contribution in [0.5, 0.6) is 5.75 Å². The van der Waals surface area contributed by atoms with E-state index in [9.17, 15) is 13.2 Å². The minimum atomic E-state index is -4.13. The number of hydrogen-bond acceptors (Lipinski definition) is 4. The van der Waals surface area contributed by atoms with Crippen LogP contribution >= 0.6 is 24.0 Å². The van der Waals surface area contributed by atoms with Crippen molar-refractivity contribution in [2.75, 3.05) is 70.9 Å². The summed E-state index contributed by atoms with van der Waals surface area (Å²) >= 11 is 0. The number of hydrogen-bond donors (Lipinski definition) is 1. The first-order valence-corrected chi connectivity index (χ1v) is 10.6. The van der Waals surface area contributed by atoms with E-state index in [2.05, 4.69) is 21.2 Å². The van der Waals surface area contributed by atoms with Crippen LogP contribution in [0.15, 0.2) is 29.3 Å². The summed E-state index contributed by atoms with van der Waals surface area (Å²) in [7, 11) is 1.68. The van der Waals surface area contributed by atoms with E-state index in [1.807, 2.05) is 25.1 Å². The molecule has 0 aliphatic carbocycles. The van der Waals surface area contributed by atoms with E-state index in [4.69, 9.17) is 9.73 Å². The molecule has 2 aliphatic heterocycles. The van der Waals surface area contributed by atoms with Crippen LogP contribution in [-0.4, -0.2) is 87.9 Å². The number of alkyl halides is 3. The number of ether oxygens (including phenoxy) is 1. The normalized spacial score (nSPS) is 20.5. The maximum absolute atomic E-state index is 12.6. The fourth-order valence-electron chi connectivity index (χ4n) is 4.15. The number of para-hydroxylation sites is 2. The van der Waals surface area contributed by atoms with Gasteiger partial charge in [0.05, 0.1) is 19.3 Å². The van der Waals surface area contributed by atoms with Gasteiger partial charge in [-0.3, -0.25) is 9.89 Å². The average molecular weight is 555 g/mol. The van der Waals surface area contributed by atoms with E-state index in [1.165, 1.54) is 4.90 Å². The summed E-state index contributed by atoms with van der Waals surface area (Å²) < 4.78 is 43.3. The van der Waals surface area contributed by atoms with Crippen molar-refractivity contribution in [2.24, 2.45) is 10.9 Å². The summed E-state index contributed by atoms with van der Waals surface area (Å²) in [5, 5.41) is 3.34. The zero-order chi connectivity index (χ0) is 21.6. The topological polar surface area (TPSA) is 43.3 Å². The molecular formula is C21H33F3IN5O. The van der Waals surface area contributed by atoms with Crippen LogP contribution in [0.4, 0.5) is 18.9 Å². The monoisotopic (exact) mass is 555 g/mol. The standard InChI is InChI=1S/C21H32F3N5O.HI/c1-3-25-20(26-14-17-8-9-27(15-17)16-21(22,23)24)29-12-10-28(11-13-29)18-6-4-5-7-19(18)30-2;/h4-7,17H,3,8-16H2,1-2H3,(H,25,26);1H. The molecule has 0 aromatic heterocycles. The van der Waals surface area contributed by atoms with Gasteiger partial charge in [-0.25, -0.2) is 0 Å². The molecule has 1 aromatic rings. The molecular weight excluding hydrogens is 522 g/mol. The summed E-state index contributed by atoms with van der Waals surface area (Å²) in [6.45, 7) is 6.85. The van der Waals surface area contributed by atoms with Crippen molar-refractivity contribution >= 4 is 35.6 Å². The Bertz CT molecular complexity index is 711. The molecule has 0 bridgehead atoms. The van der Waals surface area contributed by atoms with Crippen LogP contribution in [-0.2, 0) is 0 Å². The molecule has 31 heavy (non-hydrogen) atoms. The van der Waals surface area contributed by atoms with E-state index in [0.717, 1.165) is 56.5 Å². The molecule has 1 atom stereocenters. The van der Waals surface area contributed by atoms with Gasteiger partial charge >= 0.3 is 6.18 Å². The Labute approximate surface area is 199 Å². The van der Waals surface area contributed by atoms with Gasteiger partial charge in [0.25, 0.3) is 0 Å². The third-order valence-electron chi connectivity index (χ3n) is 5.61.